The number of allylic oxidation sites excluding steroid dienone is 2. The fraction of sp³-hybridized carbons (Fsp3) is 0.615. The molecule has 5 rings (SSSR count). The summed E-state index contributed by atoms with van der Waals surface area (Å²) in [6, 6.07) is 8.25. The van der Waals surface area contributed by atoms with Gasteiger partial charge in [0.05, 0.1) is 0 Å². The number of likely N-dealkylation sites (tertiary alicyclic amines) is 1. The molecule has 0 bridgehead atoms. The molecule has 9 heteroatoms. The third kappa shape index (κ3) is 6.58. The first kappa shape index (κ1) is 25.9. The molecule has 35 heavy (non-hydrogen) atoms. The van der Waals surface area contributed by atoms with Crippen molar-refractivity contribution in [1.29, 1.82) is 0 Å². The predicted molar refractivity (Wildman–Crippen MR) is 149 cm³/mol. The van der Waals surface area contributed by atoms with Crippen molar-refractivity contribution in [3.63, 3.8) is 0 Å². The summed E-state index contributed by atoms with van der Waals surface area (Å²) in [6.07, 6.45) is 3.62. The molecule has 0 spiro atoms. The third-order valence-electron chi connectivity index (χ3n) is 7.40. The first-order valence-electron chi connectivity index (χ1n) is 12.8. The number of anilines is 1. The number of benzene rings is 1. The van der Waals surface area contributed by atoms with E-state index in [1.54, 1.807) is 0 Å². The normalized spacial score (nSPS) is 25.3. The molecule has 4 aliphatic heterocycles. The van der Waals surface area contributed by atoms with Gasteiger partial charge in [-0.25, -0.2) is 0 Å². The monoisotopic (exact) mass is 620 g/mol. The molecule has 4 heterocycles. The van der Waals surface area contributed by atoms with Gasteiger partial charge >= 0.3 is 186 Å². The van der Waals surface area contributed by atoms with Crippen LogP contribution >= 0.6 is 27.4 Å². The Morgan fingerprint density at radius 2 is 1.49 bits per heavy atom. The molecule has 0 N–H and O–H groups in total. The van der Waals surface area contributed by atoms with E-state index in [4.69, 9.17) is 0 Å². The van der Waals surface area contributed by atoms with Crippen LogP contribution < -0.4 is 4.90 Å². The number of para-hydroxylation sites is 1. The van der Waals surface area contributed by atoms with Crippen molar-refractivity contribution in [2.24, 2.45) is 0 Å². The van der Waals surface area contributed by atoms with E-state index in [1.807, 2.05) is 25.1 Å². The van der Waals surface area contributed by atoms with Crippen molar-refractivity contribution in [3.05, 3.63) is 46.1 Å². The second kappa shape index (κ2) is 11.8. The van der Waals surface area contributed by atoms with Gasteiger partial charge in [0.1, 0.15) is 0 Å². The van der Waals surface area contributed by atoms with Gasteiger partial charge in [-0.2, -0.15) is 0 Å². The molecule has 1 aromatic rings. The summed E-state index contributed by atoms with van der Waals surface area (Å²) < 4.78 is 42.2. The van der Waals surface area contributed by atoms with Crippen LogP contribution in [-0.4, -0.2) is 90.4 Å². The van der Waals surface area contributed by atoms with Gasteiger partial charge in [-0.1, -0.05) is 6.42 Å². The molecule has 0 unspecified atom stereocenters. The Morgan fingerprint density at radius 1 is 0.829 bits per heavy atom. The quantitative estimate of drug-likeness (QED) is 0.215. The molecule has 1 aromatic carbocycles. The standard InChI is InChI=1S/C26H36F3IN4S/c27-26(28,29)22-9-10-30-25(21-22)34(23-7-2-3-8-24(23)35-30)14-6-13-32-16-19-33(20-17-32)18-15-31-11-4-1-5-12-31/h2-3,7-10,21,25H,1,4-6,11-20H2/t25-/m1/s1. The average Bonchev–Trinajstić information content (AvgIpc) is 2.87. The Bertz CT molecular complexity index is 910. The molecule has 0 radical (unpaired) electrons. The fourth-order valence-electron chi connectivity index (χ4n) is 5.34. The molecule has 194 valence electrons. The first-order chi connectivity index (χ1) is 17.0. The van der Waals surface area contributed by atoms with E-state index < -0.39 is 30.2 Å². The molecular weight excluding hydrogens is 584 g/mol. The van der Waals surface area contributed by atoms with E-state index in [-0.39, 0.29) is 4.05 Å². The Kier molecular flexibility index (Phi) is 8.69. The predicted octanol–water partition coefficient (Wildman–Crippen LogP) is 5.86. The minimum absolute atomic E-state index is 0.104. The van der Waals surface area contributed by atoms with Crippen LogP contribution in [0.1, 0.15) is 25.7 Å². The summed E-state index contributed by atoms with van der Waals surface area (Å²) in [6.45, 7) is 11.1. The Balaban J connectivity index is 1.14. The molecule has 0 saturated carbocycles. The van der Waals surface area contributed by atoms with Crippen LogP contribution in [0.3, 0.4) is 0 Å². The molecule has 4 aliphatic rings. The van der Waals surface area contributed by atoms with Crippen LogP contribution in [-0.2, 0) is 0 Å². The van der Waals surface area contributed by atoms with E-state index in [0.717, 1.165) is 51.4 Å². The summed E-state index contributed by atoms with van der Waals surface area (Å²) >= 11 is -1.79. The Hall–Kier alpha value is -0.750. The third-order valence-corrected chi connectivity index (χ3v) is 16.3. The van der Waals surface area contributed by atoms with Gasteiger partial charge < -0.3 is 0 Å². The number of hydrogen-bond acceptors (Lipinski definition) is 5. The van der Waals surface area contributed by atoms with Gasteiger partial charge in [0.15, 0.2) is 0 Å². The molecule has 0 aromatic heterocycles. The zero-order valence-electron chi connectivity index (χ0n) is 20.2. The van der Waals surface area contributed by atoms with E-state index in [2.05, 4.69) is 31.7 Å². The topological polar surface area (TPSA) is 13.0 Å². The SMILES string of the molecule is FC(F)(F)C1=C[C@H]2N(CCCN3CCN(CCN4CCCCC4)CC3)c3ccccc3SI2C=C1. The van der Waals surface area contributed by atoms with Crippen molar-refractivity contribution >= 4 is 33.1 Å². The van der Waals surface area contributed by atoms with Crippen molar-refractivity contribution in [1.82, 2.24) is 14.7 Å². The minimum atomic E-state index is -4.28. The van der Waals surface area contributed by atoms with Crippen molar-refractivity contribution in [3.8, 4) is 0 Å². The Labute approximate surface area is 217 Å². The number of alkyl halides is 4. The maximum atomic E-state index is 13.5. The fourth-order valence-corrected chi connectivity index (χ4v) is 14.5. The molecular formula is C26H36F3IN4S. The second-order valence-corrected chi connectivity index (χ2v) is 17.8. The molecule has 4 nitrogen and oxygen atoms in total. The maximum absolute atomic E-state index is 13.5. The number of piperidine rings is 1. The number of hydrogen-bond donors (Lipinski definition) is 0. The van der Waals surface area contributed by atoms with Crippen molar-refractivity contribution in [2.45, 2.75) is 40.8 Å². The van der Waals surface area contributed by atoms with E-state index >= 15 is 0 Å². The van der Waals surface area contributed by atoms with Crippen LogP contribution in [0.4, 0.5) is 18.9 Å². The van der Waals surface area contributed by atoms with Gasteiger partial charge in [-0.3, -0.25) is 0 Å². The molecule has 1 atom stereocenters. The molecule has 2 saturated heterocycles. The molecule has 0 aliphatic carbocycles. The zero-order chi connectivity index (χ0) is 24.3. The van der Waals surface area contributed by atoms with Crippen LogP contribution in [0.15, 0.2) is 51.0 Å². The second-order valence-electron chi connectivity index (χ2n) is 9.77. The van der Waals surface area contributed by atoms with Gasteiger partial charge in [0.25, 0.3) is 0 Å². The van der Waals surface area contributed by atoms with Crippen LogP contribution in [0.5, 0.6) is 0 Å². The number of piperazine rings is 1. The van der Waals surface area contributed by atoms with Crippen LogP contribution in [0.2, 0.25) is 0 Å². The van der Waals surface area contributed by atoms with E-state index in [1.165, 1.54) is 62.5 Å². The number of fused-ring (bicyclic) bond motifs is 2. The van der Waals surface area contributed by atoms with Gasteiger partial charge in [-0.05, 0) is 25.9 Å². The van der Waals surface area contributed by atoms with E-state index in [9.17, 15) is 13.2 Å². The Morgan fingerprint density at radius 3 is 2.20 bits per heavy atom. The number of halogens is 4. The summed E-state index contributed by atoms with van der Waals surface area (Å²) in [7, 11) is 1.83. The first-order valence-corrected chi connectivity index (χ1v) is 18.7. The average molecular weight is 621 g/mol. The summed E-state index contributed by atoms with van der Waals surface area (Å²) in [4.78, 5) is 11.3. The number of rotatable bonds is 7. The van der Waals surface area contributed by atoms with Gasteiger partial charge in [-0.15, -0.1) is 0 Å². The summed E-state index contributed by atoms with van der Waals surface area (Å²) in [5.74, 6) is 0. The molecule has 2 fully saturated rings. The van der Waals surface area contributed by atoms with Crippen molar-refractivity contribution < 1.29 is 13.2 Å². The van der Waals surface area contributed by atoms with E-state index in [0.29, 0.717) is 0 Å². The van der Waals surface area contributed by atoms with Crippen LogP contribution in [0.25, 0.3) is 0 Å². The summed E-state index contributed by atoms with van der Waals surface area (Å²) in [5.41, 5.74) is 0.619. The van der Waals surface area contributed by atoms with Gasteiger partial charge in [0, 0.05) is 0 Å². The molecule has 0 amide bonds. The van der Waals surface area contributed by atoms with Gasteiger partial charge in [0.2, 0.25) is 0 Å². The van der Waals surface area contributed by atoms with Crippen molar-refractivity contribution in [2.75, 3.05) is 70.3 Å². The van der Waals surface area contributed by atoms with Crippen LogP contribution in [0, 0.1) is 0 Å². The zero-order valence-corrected chi connectivity index (χ0v) is 23.2. The number of nitrogens with zero attached hydrogens (tertiary/aromatic N) is 4. The summed E-state index contributed by atoms with van der Waals surface area (Å²) in [5, 5.41) is 0.